The molecular weight excluding hydrogens is 240 g/mol. The SMILES string of the molecule is O=C(NCCCn1cnc2ccccc21)C(F)F. The van der Waals surface area contributed by atoms with Crippen LogP contribution in [0.1, 0.15) is 6.42 Å². The summed E-state index contributed by atoms with van der Waals surface area (Å²) < 4.78 is 25.8. The number of carbonyl (C=O) groups excluding carboxylic acids is 1. The number of halogens is 2. The average Bonchev–Trinajstić information content (AvgIpc) is 2.77. The van der Waals surface area contributed by atoms with Gasteiger partial charge in [0.05, 0.1) is 17.4 Å². The van der Waals surface area contributed by atoms with Gasteiger partial charge in [-0.25, -0.2) is 4.98 Å². The molecule has 0 aliphatic heterocycles. The molecule has 1 heterocycles. The first-order valence-corrected chi connectivity index (χ1v) is 5.64. The molecule has 0 bridgehead atoms. The second-order valence-corrected chi connectivity index (χ2v) is 3.87. The van der Waals surface area contributed by atoms with Crippen LogP contribution < -0.4 is 5.32 Å². The van der Waals surface area contributed by atoms with E-state index in [1.807, 2.05) is 28.8 Å². The Labute approximate surface area is 103 Å². The van der Waals surface area contributed by atoms with Crippen molar-refractivity contribution < 1.29 is 13.6 Å². The van der Waals surface area contributed by atoms with Crippen LogP contribution in [-0.2, 0) is 11.3 Å². The van der Waals surface area contributed by atoms with Crippen LogP contribution in [-0.4, -0.2) is 28.4 Å². The molecule has 0 unspecified atom stereocenters. The van der Waals surface area contributed by atoms with E-state index in [0.717, 1.165) is 11.0 Å². The minimum absolute atomic E-state index is 0.232. The highest BCUT2D eigenvalue weighted by atomic mass is 19.3. The van der Waals surface area contributed by atoms with Crippen molar-refractivity contribution in [3.8, 4) is 0 Å². The fourth-order valence-electron chi connectivity index (χ4n) is 1.73. The molecule has 2 rings (SSSR count). The van der Waals surface area contributed by atoms with E-state index in [1.165, 1.54) is 0 Å². The van der Waals surface area contributed by atoms with Crippen molar-refractivity contribution in [2.45, 2.75) is 19.4 Å². The molecule has 0 spiro atoms. The van der Waals surface area contributed by atoms with Gasteiger partial charge in [0.1, 0.15) is 0 Å². The number of para-hydroxylation sites is 2. The van der Waals surface area contributed by atoms with Crippen LogP contribution in [0.5, 0.6) is 0 Å². The molecule has 2 aromatic rings. The van der Waals surface area contributed by atoms with E-state index in [-0.39, 0.29) is 6.54 Å². The third-order valence-corrected chi connectivity index (χ3v) is 2.60. The van der Waals surface area contributed by atoms with Crippen LogP contribution in [0.3, 0.4) is 0 Å². The van der Waals surface area contributed by atoms with Gasteiger partial charge < -0.3 is 9.88 Å². The highest BCUT2D eigenvalue weighted by Crippen LogP contribution is 2.11. The molecule has 0 aliphatic carbocycles. The Balaban J connectivity index is 1.85. The number of hydrogen-bond acceptors (Lipinski definition) is 2. The van der Waals surface area contributed by atoms with Gasteiger partial charge in [0.2, 0.25) is 0 Å². The molecule has 1 N–H and O–H groups in total. The number of rotatable bonds is 5. The molecule has 0 atom stereocenters. The predicted molar refractivity (Wildman–Crippen MR) is 63.4 cm³/mol. The Morgan fingerprint density at radius 1 is 1.39 bits per heavy atom. The van der Waals surface area contributed by atoms with E-state index in [4.69, 9.17) is 0 Å². The van der Waals surface area contributed by atoms with Gasteiger partial charge in [0.25, 0.3) is 5.91 Å². The zero-order valence-electron chi connectivity index (χ0n) is 9.64. The maximum absolute atomic E-state index is 11.9. The van der Waals surface area contributed by atoms with Gasteiger partial charge in [0, 0.05) is 13.1 Å². The first kappa shape index (κ1) is 12.5. The molecule has 6 heteroatoms. The lowest BCUT2D eigenvalue weighted by atomic mass is 10.3. The molecule has 0 saturated carbocycles. The smallest absolute Gasteiger partial charge is 0.315 e. The Hall–Kier alpha value is -1.98. The zero-order chi connectivity index (χ0) is 13.0. The minimum atomic E-state index is -2.95. The summed E-state index contributed by atoms with van der Waals surface area (Å²) in [5.74, 6) is -1.22. The summed E-state index contributed by atoms with van der Waals surface area (Å²) >= 11 is 0. The van der Waals surface area contributed by atoms with Crippen LogP contribution in [0.4, 0.5) is 8.78 Å². The van der Waals surface area contributed by atoms with E-state index >= 15 is 0 Å². The number of imidazole rings is 1. The lowest BCUT2D eigenvalue weighted by molar-refractivity contribution is -0.131. The topological polar surface area (TPSA) is 46.9 Å². The van der Waals surface area contributed by atoms with Crippen LogP contribution in [0.2, 0.25) is 0 Å². The van der Waals surface area contributed by atoms with Crippen molar-refractivity contribution in [2.24, 2.45) is 0 Å². The lowest BCUT2D eigenvalue weighted by Gasteiger charge is -2.06. The van der Waals surface area contributed by atoms with Crippen molar-refractivity contribution in [2.75, 3.05) is 6.54 Å². The van der Waals surface area contributed by atoms with Gasteiger partial charge in [-0.05, 0) is 18.6 Å². The average molecular weight is 253 g/mol. The van der Waals surface area contributed by atoms with Crippen molar-refractivity contribution in [3.63, 3.8) is 0 Å². The Kier molecular flexibility index (Phi) is 3.86. The molecule has 1 aromatic carbocycles. The molecule has 18 heavy (non-hydrogen) atoms. The third kappa shape index (κ3) is 2.82. The van der Waals surface area contributed by atoms with Crippen molar-refractivity contribution in [1.82, 2.24) is 14.9 Å². The molecule has 0 aliphatic rings. The maximum atomic E-state index is 11.9. The summed E-state index contributed by atoms with van der Waals surface area (Å²) in [7, 11) is 0. The van der Waals surface area contributed by atoms with Crippen LogP contribution in [0.15, 0.2) is 30.6 Å². The van der Waals surface area contributed by atoms with E-state index in [9.17, 15) is 13.6 Å². The zero-order valence-corrected chi connectivity index (χ0v) is 9.64. The molecule has 1 aromatic heterocycles. The van der Waals surface area contributed by atoms with Gasteiger partial charge in [-0.1, -0.05) is 12.1 Å². The summed E-state index contributed by atoms with van der Waals surface area (Å²) in [6, 6.07) is 7.67. The van der Waals surface area contributed by atoms with Gasteiger partial charge in [-0.15, -0.1) is 0 Å². The number of carbonyl (C=O) groups is 1. The summed E-state index contributed by atoms with van der Waals surface area (Å²) in [6.07, 6.45) is -0.655. The largest absolute Gasteiger partial charge is 0.351 e. The number of fused-ring (bicyclic) bond motifs is 1. The van der Waals surface area contributed by atoms with Crippen molar-refractivity contribution >= 4 is 16.9 Å². The van der Waals surface area contributed by atoms with E-state index in [1.54, 1.807) is 6.33 Å². The van der Waals surface area contributed by atoms with E-state index in [0.29, 0.717) is 13.0 Å². The summed E-state index contributed by atoms with van der Waals surface area (Å²) in [5.41, 5.74) is 1.90. The van der Waals surface area contributed by atoms with Gasteiger partial charge in [-0.3, -0.25) is 4.79 Å². The number of alkyl halides is 2. The number of nitrogens with one attached hydrogen (secondary N) is 1. The van der Waals surface area contributed by atoms with Crippen LogP contribution >= 0.6 is 0 Å². The Bertz CT molecular complexity index is 539. The number of hydrogen-bond donors (Lipinski definition) is 1. The van der Waals surface area contributed by atoms with Crippen LogP contribution in [0.25, 0.3) is 11.0 Å². The standard InChI is InChI=1S/C12H13F2N3O/c13-11(14)12(18)15-6-3-7-17-8-16-9-4-1-2-5-10(9)17/h1-2,4-5,8,11H,3,6-7H2,(H,15,18). The summed E-state index contributed by atoms with van der Waals surface area (Å²) in [6.45, 7) is 0.861. The third-order valence-electron chi connectivity index (χ3n) is 2.60. The fourth-order valence-corrected chi connectivity index (χ4v) is 1.73. The predicted octanol–water partition coefficient (Wildman–Crippen LogP) is 1.81. The monoisotopic (exact) mass is 253 g/mol. The van der Waals surface area contributed by atoms with Gasteiger partial charge in [0.15, 0.2) is 0 Å². The number of benzene rings is 1. The second kappa shape index (κ2) is 5.57. The number of nitrogens with zero attached hydrogens (tertiary/aromatic N) is 2. The van der Waals surface area contributed by atoms with E-state index in [2.05, 4.69) is 10.3 Å². The molecule has 1 amide bonds. The number of aryl methyl sites for hydroxylation is 1. The number of aromatic nitrogens is 2. The first-order valence-electron chi connectivity index (χ1n) is 5.64. The van der Waals surface area contributed by atoms with Gasteiger partial charge >= 0.3 is 6.43 Å². The Morgan fingerprint density at radius 3 is 2.94 bits per heavy atom. The molecule has 96 valence electrons. The first-order chi connectivity index (χ1) is 8.68. The van der Waals surface area contributed by atoms with E-state index < -0.39 is 12.3 Å². The second-order valence-electron chi connectivity index (χ2n) is 3.87. The molecular formula is C12H13F2N3O. The van der Waals surface area contributed by atoms with Gasteiger partial charge in [-0.2, -0.15) is 8.78 Å². The van der Waals surface area contributed by atoms with Crippen LogP contribution in [0, 0.1) is 0 Å². The summed E-state index contributed by atoms with van der Waals surface area (Å²) in [4.78, 5) is 14.9. The maximum Gasteiger partial charge on any atom is 0.315 e. The molecule has 0 fully saturated rings. The highest BCUT2D eigenvalue weighted by molar-refractivity contribution is 5.79. The lowest BCUT2D eigenvalue weighted by Crippen LogP contribution is -2.30. The Morgan fingerprint density at radius 2 is 2.17 bits per heavy atom. The summed E-state index contributed by atoms with van der Waals surface area (Å²) in [5, 5.41) is 2.17. The van der Waals surface area contributed by atoms with Crippen molar-refractivity contribution in [1.29, 1.82) is 0 Å². The van der Waals surface area contributed by atoms with Crippen molar-refractivity contribution in [3.05, 3.63) is 30.6 Å². The number of amides is 1. The molecule has 0 saturated heterocycles. The molecule has 0 radical (unpaired) electrons. The molecule has 4 nitrogen and oxygen atoms in total. The fraction of sp³-hybridized carbons (Fsp3) is 0.333. The normalized spacial score (nSPS) is 11.1. The quantitative estimate of drug-likeness (QED) is 0.826. The highest BCUT2D eigenvalue weighted by Gasteiger charge is 2.13. The minimum Gasteiger partial charge on any atom is -0.351 e.